The van der Waals surface area contributed by atoms with Crippen molar-refractivity contribution in [2.75, 3.05) is 6.61 Å². The van der Waals surface area contributed by atoms with Crippen LogP contribution in [0.5, 0.6) is 0 Å². The lowest BCUT2D eigenvalue weighted by atomic mass is 9.98. The number of carbonyl (C=O) groups is 1. The number of fused-ring (bicyclic) bond motifs is 3. The first-order valence-electron chi connectivity index (χ1n) is 7.20. The number of halogens is 4. The third-order valence-electron chi connectivity index (χ3n) is 3.88. The fourth-order valence-electron chi connectivity index (χ4n) is 2.83. The van der Waals surface area contributed by atoms with Gasteiger partial charge in [0.2, 0.25) is 5.50 Å². The Balaban J connectivity index is 1.73. The average Bonchev–Trinajstić information content (AvgIpc) is 2.86. The number of rotatable bonds is 3. The molecule has 3 nitrogen and oxygen atoms in total. The molecule has 1 aliphatic rings. The molecule has 0 aliphatic heterocycles. The highest BCUT2D eigenvalue weighted by molar-refractivity contribution is 6.21. The van der Waals surface area contributed by atoms with Gasteiger partial charge in [-0.1, -0.05) is 60.1 Å². The van der Waals surface area contributed by atoms with Crippen LogP contribution in [0.2, 0.25) is 0 Å². The molecule has 0 radical (unpaired) electrons. The molecule has 24 heavy (non-hydrogen) atoms. The van der Waals surface area contributed by atoms with E-state index >= 15 is 0 Å². The van der Waals surface area contributed by atoms with Gasteiger partial charge in [0.05, 0.1) is 0 Å². The number of alkyl carbamates (subject to hydrolysis) is 1. The van der Waals surface area contributed by atoms with E-state index in [9.17, 15) is 18.0 Å². The van der Waals surface area contributed by atoms with Crippen molar-refractivity contribution >= 4 is 17.7 Å². The molecule has 7 heteroatoms. The summed E-state index contributed by atoms with van der Waals surface area (Å²) in [4.78, 5) is 11.6. The summed E-state index contributed by atoms with van der Waals surface area (Å²) in [5, 5.41) is 1.57. The fraction of sp³-hybridized carbons (Fsp3) is 0.235. The van der Waals surface area contributed by atoms with E-state index in [1.165, 1.54) is 0 Å². The van der Waals surface area contributed by atoms with E-state index in [2.05, 4.69) is 0 Å². The molecular weight excluding hydrogens is 343 g/mol. The van der Waals surface area contributed by atoms with E-state index < -0.39 is 17.8 Å². The Kier molecular flexibility index (Phi) is 4.41. The number of amides is 1. The van der Waals surface area contributed by atoms with E-state index in [1.54, 1.807) is 5.32 Å². The van der Waals surface area contributed by atoms with Crippen molar-refractivity contribution in [3.05, 3.63) is 59.7 Å². The molecule has 1 N–H and O–H groups in total. The molecule has 1 atom stereocenters. The van der Waals surface area contributed by atoms with Crippen LogP contribution < -0.4 is 5.32 Å². The Bertz CT molecular complexity index is 718. The van der Waals surface area contributed by atoms with Crippen LogP contribution in [0, 0.1) is 0 Å². The number of benzene rings is 2. The van der Waals surface area contributed by atoms with Gasteiger partial charge in [0.15, 0.2) is 0 Å². The van der Waals surface area contributed by atoms with Gasteiger partial charge in [0, 0.05) is 5.92 Å². The average molecular weight is 356 g/mol. The number of hydrogen-bond donors (Lipinski definition) is 1. The first kappa shape index (κ1) is 16.6. The minimum atomic E-state index is -4.73. The second kappa shape index (κ2) is 6.36. The molecule has 0 saturated heterocycles. The maximum Gasteiger partial charge on any atom is 0.422 e. The van der Waals surface area contributed by atoms with Gasteiger partial charge in [0.25, 0.3) is 0 Å². The number of hydrogen-bond acceptors (Lipinski definition) is 2. The lowest BCUT2D eigenvalue weighted by Crippen LogP contribution is -2.41. The van der Waals surface area contributed by atoms with Crippen molar-refractivity contribution < 1.29 is 22.7 Å². The molecular formula is C17H13ClF3NO2. The van der Waals surface area contributed by atoms with Crippen LogP contribution in [0.25, 0.3) is 11.1 Å². The van der Waals surface area contributed by atoms with Gasteiger partial charge in [-0.05, 0) is 22.3 Å². The largest absolute Gasteiger partial charge is 0.449 e. The third-order valence-corrected chi connectivity index (χ3v) is 4.23. The summed E-state index contributed by atoms with van der Waals surface area (Å²) in [5.74, 6) is -0.220. The first-order valence-corrected chi connectivity index (χ1v) is 7.64. The lowest BCUT2D eigenvalue weighted by Gasteiger charge is -2.17. The number of ether oxygens (including phenoxy) is 1. The SMILES string of the molecule is O=C(NC(Cl)C(F)(F)F)OCC1c2ccccc2-c2ccccc21. The summed E-state index contributed by atoms with van der Waals surface area (Å²) in [6.45, 7) is -0.0681. The van der Waals surface area contributed by atoms with Crippen LogP contribution in [0.4, 0.5) is 18.0 Å². The van der Waals surface area contributed by atoms with Gasteiger partial charge in [-0.15, -0.1) is 0 Å². The van der Waals surface area contributed by atoms with Gasteiger partial charge >= 0.3 is 12.3 Å². The van der Waals surface area contributed by atoms with Crippen molar-refractivity contribution in [3.63, 3.8) is 0 Å². The first-order chi connectivity index (χ1) is 11.4. The summed E-state index contributed by atoms with van der Waals surface area (Å²) in [5.41, 5.74) is 1.54. The molecule has 1 amide bonds. The fourth-order valence-corrected chi connectivity index (χ4v) is 2.91. The Morgan fingerprint density at radius 2 is 1.58 bits per heavy atom. The minimum absolute atomic E-state index is 0.0681. The molecule has 0 spiro atoms. The normalized spacial score (nSPS) is 14.7. The highest BCUT2D eigenvalue weighted by Crippen LogP contribution is 2.44. The molecule has 0 aromatic heterocycles. The van der Waals surface area contributed by atoms with E-state index in [0.29, 0.717) is 0 Å². The van der Waals surface area contributed by atoms with Crippen molar-refractivity contribution in [2.24, 2.45) is 0 Å². The number of alkyl halides is 4. The monoisotopic (exact) mass is 355 g/mol. The van der Waals surface area contributed by atoms with Crippen molar-refractivity contribution in [1.29, 1.82) is 0 Å². The summed E-state index contributed by atoms with van der Waals surface area (Å²) < 4.78 is 42.0. The van der Waals surface area contributed by atoms with Crippen LogP contribution in [0.15, 0.2) is 48.5 Å². The van der Waals surface area contributed by atoms with Crippen LogP contribution >= 0.6 is 11.6 Å². The smallest absolute Gasteiger partial charge is 0.422 e. The molecule has 3 rings (SSSR count). The standard InChI is InChI=1S/C17H13ClF3NO2/c18-15(17(19,20)21)22-16(23)24-9-14-12-7-3-1-5-10(12)11-6-2-4-8-13(11)14/h1-8,14-15H,9H2,(H,22,23). The predicted molar refractivity (Wildman–Crippen MR) is 83.9 cm³/mol. The third kappa shape index (κ3) is 3.19. The maximum absolute atomic E-state index is 12.3. The number of nitrogens with one attached hydrogen (secondary N) is 1. The van der Waals surface area contributed by atoms with Gasteiger partial charge in [-0.2, -0.15) is 13.2 Å². The quantitative estimate of drug-likeness (QED) is 0.642. The summed E-state index contributed by atoms with van der Waals surface area (Å²) in [6.07, 6.45) is -5.93. The molecule has 2 aromatic carbocycles. The Hall–Kier alpha value is -2.21. The maximum atomic E-state index is 12.3. The van der Waals surface area contributed by atoms with Gasteiger partial charge in [-0.25, -0.2) is 4.79 Å². The Labute approximate surface area is 141 Å². The zero-order valence-corrected chi connectivity index (χ0v) is 13.1. The van der Waals surface area contributed by atoms with Gasteiger partial charge in [-0.3, -0.25) is 5.32 Å². The van der Waals surface area contributed by atoms with Gasteiger partial charge in [0.1, 0.15) is 6.61 Å². The van der Waals surface area contributed by atoms with Crippen molar-refractivity contribution in [1.82, 2.24) is 5.32 Å². The van der Waals surface area contributed by atoms with E-state index in [1.807, 2.05) is 48.5 Å². The van der Waals surface area contributed by atoms with E-state index in [0.717, 1.165) is 22.3 Å². The second-order valence-corrected chi connectivity index (χ2v) is 5.81. The molecule has 1 aliphatic carbocycles. The zero-order chi connectivity index (χ0) is 17.3. The molecule has 0 bridgehead atoms. The highest BCUT2D eigenvalue weighted by atomic mass is 35.5. The van der Waals surface area contributed by atoms with E-state index in [-0.39, 0.29) is 12.5 Å². The van der Waals surface area contributed by atoms with Crippen LogP contribution in [0.1, 0.15) is 17.0 Å². The van der Waals surface area contributed by atoms with Crippen molar-refractivity contribution in [3.8, 4) is 11.1 Å². The topological polar surface area (TPSA) is 38.3 Å². The van der Waals surface area contributed by atoms with Crippen molar-refractivity contribution in [2.45, 2.75) is 17.6 Å². The van der Waals surface area contributed by atoms with Crippen LogP contribution in [-0.4, -0.2) is 24.4 Å². The number of carbonyl (C=O) groups excluding carboxylic acids is 1. The molecule has 0 heterocycles. The molecule has 1 unspecified atom stereocenters. The Morgan fingerprint density at radius 3 is 2.08 bits per heavy atom. The zero-order valence-electron chi connectivity index (χ0n) is 12.3. The summed E-state index contributed by atoms with van der Waals surface area (Å²) in [6, 6.07) is 15.3. The van der Waals surface area contributed by atoms with E-state index in [4.69, 9.17) is 16.3 Å². The minimum Gasteiger partial charge on any atom is -0.449 e. The predicted octanol–water partition coefficient (Wildman–Crippen LogP) is 4.65. The van der Waals surface area contributed by atoms with Crippen LogP contribution in [-0.2, 0) is 4.74 Å². The summed E-state index contributed by atoms with van der Waals surface area (Å²) >= 11 is 5.07. The van der Waals surface area contributed by atoms with Crippen LogP contribution in [0.3, 0.4) is 0 Å². The lowest BCUT2D eigenvalue weighted by molar-refractivity contribution is -0.135. The molecule has 126 valence electrons. The molecule has 0 fully saturated rings. The summed E-state index contributed by atoms with van der Waals surface area (Å²) in [7, 11) is 0. The molecule has 2 aromatic rings. The molecule has 0 saturated carbocycles. The second-order valence-electron chi connectivity index (χ2n) is 5.37. The highest BCUT2D eigenvalue weighted by Gasteiger charge is 2.40. The Morgan fingerprint density at radius 1 is 1.08 bits per heavy atom. The van der Waals surface area contributed by atoms with Gasteiger partial charge < -0.3 is 4.74 Å².